The Bertz CT molecular complexity index is 972. The highest BCUT2D eigenvalue weighted by Crippen LogP contribution is 2.60. The van der Waals surface area contributed by atoms with E-state index < -0.39 is 16.3 Å². The van der Waals surface area contributed by atoms with Crippen LogP contribution in [-0.4, -0.2) is 16.3 Å². The lowest BCUT2D eigenvalue weighted by Gasteiger charge is -2.48. The second-order valence-corrected chi connectivity index (χ2v) is 20.9. The van der Waals surface area contributed by atoms with Gasteiger partial charge in [0.2, 0.25) is 0 Å². The summed E-state index contributed by atoms with van der Waals surface area (Å²) in [5.74, 6) is 1.41. The van der Waals surface area contributed by atoms with Crippen LogP contribution in [0.1, 0.15) is 6.42 Å². The molecule has 156 valence electrons. The van der Waals surface area contributed by atoms with E-state index in [4.69, 9.17) is 0 Å². The van der Waals surface area contributed by atoms with Crippen molar-refractivity contribution in [3.05, 3.63) is 72.8 Å². The number of anilines is 4. The molecular formula is C26H34N2Si2. The van der Waals surface area contributed by atoms with Gasteiger partial charge < -0.3 is 9.88 Å². The largest absolute Gasteiger partial charge is 0.366 e. The molecule has 4 heteroatoms. The van der Waals surface area contributed by atoms with E-state index in [1.165, 1.54) is 29.2 Å². The van der Waals surface area contributed by atoms with Crippen LogP contribution in [0.5, 0.6) is 0 Å². The summed E-state index contributed by atoms with van der Waals surface area (Å²) in [5, 5.41) is 3.68. The molecule has 1 heterocycles. The highest BCUT2D eigenvalue weighted by molar-refractivity contribution is 6.84. The molecule has 2 aromatic rings. The molecule has 5 rings (SSSR count). The molecular weight excluding hydrogens is 396 g/mol. The van der Waals surface area contributed by atoms with Gasteiger partial charge in [0, 0.05) is 8.07 Å². The van der Waals surface area contributed by atoms with E-state index in [1.54, 1.807) is 0 Å². The monoisotopic (exact) mass is 430 g/mol. The molecule has 2 nitrogen and oxygen atoms in total. The number of allylic oxidation sites excluding steroid dienone is 4. The van der Waals surface area contributed by atoms with E-state index in [2.05, 4.69) is 115 Å². The Morgan fingerprint density at radius 2 is 1.23 bits per heavy atom. The Kier molecular flexibility index (Phi) is 4.64. The minimum atomic E-state index is -1.87. The van der Waals surface area contributed by atoms with Gasteiger partial charge in [-0.15, -0.1) is 0 Å². The zero-order valence-electron chi connectivity index (χ0n) is 18.9. The summed E-state index contributed by atoms with van der Waals surface area (Å²) in [7, 11) is -3.11. The van der Waals surface area contributed by atoms with Gasteiger partial charge in [0.25, 0.3) is 0 Å². The number of benzene rings is 2. The lowest BCUT2D eigenvalue weighted by molar-refractivity contribution is 0.538. The molecule has 3 aliphatic rings. The highest BCUT2D eigenvalue weighted by atomic mass is 28.3. The molecule has 1 fully saturated rings. The molecule has 1 saturated carbocycles. The molecule has 4 atom stereocenters. The molecule has 1 N–H and O–H groups in total. The lowest BCUT2D eigenvalue weighted by Crippen LogP contribution is -2.52. The first-order valence-electron chi connectivity index (χ1n) is 11.4. The van der Waals surface area contributed by atoms with Crippen LogP contribution >= 0.6 is 0 Å². The quantitative estimate of drug-likeness (QED) is 0.497. The van der Waals surface area contributed by atoms with Crippen molar-refractivity contribution in [2.75, 3.05) is 9.88 Å². The van der Waals surface area contributed by atoms with Gasteiger partial charge in [0.15, 0.2) is 8.24 Å². The predicted molar refractivity (Wildman–Crippen MR) is 137 cm³/mol. The third kappa shape index (κ3) is 3.04. The number of para-hydroxylation sites is 4. The van der Waals surface area contributed by atoms with Gasteiger partial charge in [0.05, 0.1) is 22.7 Å². The maximum atomic E-state index is 3.68. The number of nitrogens with one attached hydrogen (secondary N) is 1. The Labute approximate surface area is 183 Å². The summed E-state index contributed by atoms with van der Waals surface area (Å²) in [4.78, 5) is 0. The number of hydrogen-bond donors (Lipinski definition) is 1. The van der Waals surface area contributed by atoms with Crippen LogP contribution in [0.25, 0.3) is 0 Å². The minimum Gasteiger partial charge on any atom is -0.366 e. The number of fused-ring (bicyclic) bond motifs is 3. The number of nitrogens with zero attached hydrogens (tertiary/aromatic N) is 1. The van der Waals surface area contributed by atoms with E-state index >= 15 is 0 Å². The molecule has 0 radical (unpaired) electrons. The molecule has 2 aliphatic carbocycles. The van der Waals surface area contributed by atoms with Crippen molar-refractivity contribution in [1.82, 2.24) is 0 Å². The number of rotatable bonds is 3. The van der Waals surface area contributed by atoms with Crippen LogP contribution in [0.3, 0.4) is 0 Å². The van der Waals surface area contributed by atoms with E-state index in [0.717, 1.165) is 17.0 Å². The first-order valence-corrected chi connectivity index (χ1v) is 18.0. The third-order valence-corrected chi connectivity index (χ3v) is 14.7. The third-order valence-electron chi connectivity index (χ3n) is 7.81. The molecule has 0 saturated heterocycles. The molecule has 0 aromatic heterocycles. The topological polar surface area (TPSA) is 15.3 Å². The molecule has 0 spiro atoms. The fourth-order valence-electron chi connectivity index (χ4n) is 6.33. The van der Waals surface area contributed by atoms with Crippen molar-refractivity contribution in [3.63, 3.8) is 0 Å². The van der Waals surface area contributed by atoms with Gasteiger partial charge in [-0.05, 0) is 53.6 Å². The predicted octanol–water partition coefficient (Wildman–Crippen LogP) is 7.93. The molecule has 1 unspecified atom stereocenters. The smallest absolute Gasteiger partial charge is 0.160 e. The summed E-state index contributed by atoms with van der Waals surface area (Å²) in [5.41, 5.74) is 6.82. The second-order valence-electron chi connectivity index (χ2n) is 10.9. The van der Waals surface area contributed by atoms with Crippen LogP contribution < -0.4 is 9.88 Å². The summed E-state index contributed by atoms with van der Waals surface area (Å²) in [6.45, 7) is 13.0. The van der Waals surface area contributed by atoms with Crippen LogP contribution in [0.4, 0.5) is 22.7 Å². The van der Waals surface area contributed by atoms with Crippen molar-refractivity contribution in [1.29, 1.82) is 0 Å². The van der Waals surface area contributed by atoms with Crippen molar-refractivity contribution >= 4 is 39.1 Å². The maximum Gasteiger partial charge on any atom is 0.160 e. The van der Waals surface area contributed by atoms with Gasteiger partial charge in [-0.25, -0.2) is 0 Å². The molecule has 2 aromatic carbocycles. The summed E-state index contributed by atoms with van der Waals surface area (Å²) in [6.07, 6.45) is 11.1. The zero-order valence-corrected chi connectivity index (χ0v) is 20.9. The van der Waals surface area contributed by atoms with Crippen molar-refractivity contribution in [2.45, 2.75) is 50.2 Å². The Morgan fingerprint density at radius 3 is 1.77 bits per heavy atom. The zero-order chi connectivity index (χ0) is 21.1. The van der Waals surface area contributed by atoms with Gasteiger partial charge >= 0.3 is 0 Å². The van der Waals surface area contributed by atoms with E-state index in [1.807, 2.05) is 0 Å². The van der Waals surface area contributed by atoms with E-state index in [9.17, 15) is 0 Å². The van der Waals surface area contributed by atoms with Gasteiger partial charge in [-0.2, -0.15) is 0 Å². The normalized spacial score (nSPS) is 27.3. The van der Waals surface area contributed by atoms with Crippen LogP contribution in [0, 0.1) is 11.8 Å². The minimum absolute atomic E-state index is 0.683. The van der Waals surface area contributed by atoms with Crippen LogP contribution in [0.2, 0.25) is 43.8 Å². The van der Waals surface area contributed by atoms with Gasteiger partial charge in [-0.3, -0.25) is 0 Å². The van der Waals surface area contributed by atoms with Crippen molar-refractivity contribution in [3.8, 4) is 0 Å². The summed E-state index contributed by atoms with van der Waals surface area (Å²) >= 11 is 0. The molecule has 1 aliphatic heterocycles. The van der Waals surface area contributed by atoms with Crippen LogP contribution in [0.15, 0.2) is 72.8 Å². The first-order chi connectivity index (χ1) is 14.3. The Hall–Kier alpha value is -2.05. The van der Waals surface area contributed by atoms with E-state index in [-0.39, 0.29) is 0 Å². The van der Waals surface area contributed by atoms with Gasteiger partial charge in [-0.1, -0.05) is 81.3 Å². The maximum absolute atomic E-state index is 3.68. The highest BCUT2D eigenvalue weighted by Gasteiger charge is 2.54. The Morgan fingerprint density at radius 1 is 0.733 bits per heavy atom. The molecule has 0 bridgehead atoms. The van der Waals surface area contributed by atoms with E-state index in [0.29, 0.717) is 5.92 Å². The van der Waals surface area contributed by atoms with Crippen molar-refractivity contribution in [2.24, 2.45) is 11.8 Å². The average Bonchev–Trinajstić information content (AvgIpc) is 3.13. The second kappa shape index (κ2) is 6.99. The fraction of sp³-hybridized carbons (Fsp3) is 0.385. The standard InChI is InChI=1S/C26H34N2Si2/c1-29(2,3)25-18-26(20-13-7-6-12-19(20)25)30(4,5)28-23-16-10-8-14-21(23)27-22-15-9-11-17-24(22)28/h6-17,19-20,25-27H,18H2,1-5H3/t19-,20+,25+,26?/m1/s1. The fourth-order valence-corrected chi connectivity index (χ4v) is 13.1. The van der Waals surface area contributed by atoms with Crippen molar-refractivity contribution < 1.29 is 0 Å². The molecule has 0 amide bonds. The summed E-state index contributed by atoms with van der Waals surface area (Å²) < 4.78 is 2.77. The SMILES string of the molecule is C[Si](C)(C)[C@H]1CC([Si](C)(C)N2c3ccccc3Nc3ccccc32)[C@H]2C=CC=C[C@H]21. The average molecular weight is 431 g/mol. The van der Waals surface area contributed by atoms with Crippen LogP contribution in [-0.2, 0) is 0 Å². The first kappa shape index (κ1) is 19.9. The Balaban J connectivity index is 1.62. The summed E-state index contributed by atoms with van der Waals surface area (Å²) in [6, 6.07) is 17.8. The van der Waals surface area contributed by atoms with Gasteiger partial charge in [0.1, 0.15) is 0 Å². The number of hydrogen-bond acceptors (Lipinski definition) is 2. The molecule has 30 heavy (non-hydrogen) atoms. The lowest BCUT2D eigenvalue weighted by atomic mass is 9.91.